The number of aromatic amines is 1. The quantitative estimate of drug-likeness (QED) is 0.846. The number of hydrogen-bond donors (Lipinski definition) is 2. The summed E-state index contributed by atoms with van der Waals surface area (Å²) >= 11 is 0. The Labute approximate surface area is 102 Å². The number of benzene rings is 1. The number of H-pyrrole nitrogens is 1. The molecular weight excluding hydrogens is 210 g/mol. The largest absolute Gasteiger partial charge is 0.359 e. The highest BCUT2D eigenvalue weighted by atomic mass is 15.1. The zero-order valence-corrected chi connectivity index (χ0v) is 10.7. The lowest BCUT2D eigenvalue weighted by Crippen LogP contribution is -1.94. The molecule has 2 aromatic rings. The number of imidazole rings is 1. The molecule has 17 heavy (non-hydrogen) atoms. The zero-order chi connectivity index (χ0) is 12.3. The first-order valence-corrected chi connectivity index (χ1v) is 5.98. The van der Waals surface area contributed by atoms with Crippen LogP contribution in [0.2, 0.25) is 0 Å². The van der Waals surface area contributed by atoms with Crippen LogP contribution in [0.5, 0.6) is 0 Å². The van der Waals surface area contributed by atoms with E-state index in [1.54, 1.807) is 0 Å². The van der Waals surface area contributed by atoms with Crippen molar-refractivity contribution in [3.8, 4) is 0 Å². The van der Waals surface area contributed by atoms with Gasteiger partial charge < -0.3 is 10.3 Å². The number of aryl methyl sites for hydroxylation is 4. The molecule has 0 bridgehead atoms. The van der Waals surface area contributed by atoms with Crippen LogP contribution in [-0.4, -0.2) is 17.0 Å². The molecule has 1 aromatic heterocycles. The molecule has 0 aliphatic carbocycles. The first kappa shape index (κ1) is 11.7. The summed E-state index contributed by atoms with van der Waals surface area (Å²) in [7, 11) is 1.88. The van der Waals surface area contributed by atoms with Gasteiger partial charge >= 0.3 is 0 Å². The van der Waals surface area contributed by atoms with Gasteiger partial charge in [0.15, 0.2) is 5.95 Å². The van der Waals surface area contributed by atoms with Gasteiger partial charge in [-0.05, 0) is 32.3 Å². The molecule has 0 aliphatic rings. The minimum Gasteiger partial charge on any atom is -0.359 e. The second-order valence-corrected chi connectivity index (χ2v) is 4.39. The Hall–Kier alpha value is -1.77. The number of nitrogens with zero attached hydrogens (tertiary/aromatic N) is 1. The van der Waals surface area contributed by atoms with Crippen LogP contribution in [0.4, 0.5) is 5.95 Å². The van der Waals surface area contributed by atoms with E-state index in [1.165, 1.54) is 11.1 Å². The van der Waals surface area contributed by atoms with Gasteiger partial charge in [0.25, 0.3) is 0 Å². The first-order valence-electron chi connectivity index (χ1n) is 5.98. The lowest BCUT2D eigenvalue weighted by molar-refractivity contribution is 0.913. The highest BCUT2D eigenvalue weighted by Gasteiger charge is 2.05. The summed E-state index contributed by atoms with van der Waals surface area (Å²) in [6.45, 7) is 4.18. The van der Waals surface area contributed by atoms with E-state index >= 15 is 0 Å². The summed E-state index contributed by atoms with van der Waals surface area (Å²) in [5.41, 5.74) is 4.97. The van der Waals surface area contributed by atoms with Crippen molar-refractivity contribution in [2.75, 3.05) is 12.4 Å². The molecule has 0 saturated carbocycles. The average Bonchev–Trinajstić information content (AvgIpc) is 2.69. The van der Waals surface area contributed by atoms with E-state index in [9.17, 15) is 0 Å². The number of aromatic nitrogens is 2. The Morgan fingerprint density at radius 3 is 2.41 bits per heavy atom. The first-order chi connectivity index (χ1) is 8.19. The summed E-state index contributed by atoms with van der Waals surface area (Å²) in [4.78, 5) is 7.71. The Bertz CT molecular complexity index is 483. The van der Waals surface area contributed by atoms with Crippen LogP contribution in [0, 0.1) is 13.8 Å². The molecule has 0 saturated heterocycles. The SMILES string of the molecule is CNc1nc(CCc2ccc(C)cc2)c(C)[nH]1. The number of nitrogens with one attached hydrogen (secondary N) is 2. The highest BCUT2D eigenvalue weighted by Crippen LogP contribution is 2.12. The normalized spacial score (nSPS) is 10.5. The van der Waals surface area contributed by atoms with Crippen LogP contribution in [0.15, 0.2) is 24.3 Å². The van der Waals surface area contributed by atoms with Crippen molar-refractivity contribution < 1.29 is 0 Å². The topological polar surface area (TPSA) is 40.7 Å². The third-order valence-electron chi connectivity index (χ3n) is 2.99. The number of hydrogen-bond acceptors (Lipinski definition) is 2. The van der Waals surface area contributed by atoms with Crippen molar-refractivity contribution in [2.45, 2.75) is 26.7 Å². The zero-order valence-electron chi connectivity index (χ0n) is 10.7. The van der Waals surface area contributed by atoms with Gasteiger partial charge in [-0.25, -0.2) is 4.98 Å². The van der Waals surface area contributed by atoms with E-state index in [2.05, 4.69) is 53.4 Å². The predicted molar refractivity (Wildman–Crippen MR) is 71.5 cm³/mol. The third-order valence-corrected chi connectivity index (χ3v) is 2.99. The summed E-state index contributed by atoms with van der Waals surface area (Å²) < 4.78 is 0. The van der Waals surface area contributed by atoms with E-state index in [4.69, 9.17) is 0 Å². The molecule has 3 heteroatoms. The summed E-state index contributed by atoms with van der Waals surface area (Å²) in [5, 5.41) is 3.03. The summed E-state index contributed by atoms with van der Waals surface area (Å²) in [5.74, 6) is 0.849. The average molecular weight is 229 g/mol. The Morgan fingerprint density at radius 1 is 1.12 bits per heavy atom. The molecule has 0 fully saturated rings. The second-order valence-electron chi connectivity index (χ2n) is 4.39. The van der Waals surface area contributed by atoms with Gasteiger partial charge in [-0.15, -0.1) is 0 Å². The maximum Gasteiger partial charge on any atom is 0.200 e. The maximum absolute atomic E-state index is 4.49. The Morgan fingerprint density at radius 2 is 1.82 bits per heavy atom. The second kappa shape index (κ2) is 5.04. The van der Waals surface area contributed by atoms with Crippen LogP contribution >= 0.6 is 0 Å². The van der Waals surface area contributed by atoms with Gasteiger partial charge in [0, 0.05) is 12.7 Å². The van der Waals surface area contributed by atoms with Crippen molar-refractivity contribution in [1.29, 1.82) is 0 Å². The fourth-order valence-corrected chi connectivity index (χ4v) is 1.88. The molecule has 0 amide bonds. The molecule has 2 rings (SSSR count). The fraction of sp³-hybridized carbons (Fsp3) is 0.357. The molecule has 0 atom stereocenters. The molecule has 2 N–H and O–H groups in total. The minimum atomic E-state index is 0.849. The Kier molecular flexibility index (Phi) is 3.47. The molecule has 0 aliphatic heterocycles. The monoisotopic (exact) mass is 229 g/mol. The molecule has 90 valence electrons. The van der Waals surface area contributed by atoms with Crippen molar-refractivity contribution in [2.24, 2.45) is 0 Å². The summed E-state index contributed by atoms with van der Waals surface area (Å²) in [6, 6.07) is 8.70. The van der Waals surface area contributed by atoms with E-state index in [0.717, 1.165) is 30.2 Å². The molecule has 1 heterocycles. The lowest BCUT2D eigenvalue weighted by atomic mass is 10.1. The van der Waals surface area contributed by atoms with Gasteiger partial charge in [0.05, 0.1) is 5.69 Å². The van der Waals surface area contributed by atoms with Crippen LogP contribution in [0.3, 0.4) is 0 Å². The third kappa shape index (κ3) is 2.87. The van der Waals surface area contributed by atoms with Gasteiger partial charge in [-0.3, -0.25) is 0 Å². The molecule has 0 radical (unpaired) electrons. The maximum atomic E-state index is 4.49. The molecule has 3 nitrogen and oxygen atoms in total. The molecular formula is C14H19N3. The number of anilines is 1. The van der Waals surface area contributed by atoms with Crippen molar-refractivity contribution >= 4 is 5.95 Å². The van der Waals surface area contributed by atoms with Gasteiger partial charge in [0.2, 0.25) is 0 Å². The van der Waals surface area contributed by atoms with E-state index in [0.29, 0.717) is 0 Å². The van der Waals surface area contributed by atoms with Gasteiger partial charge in [-0.1, -0.05) is 29.8 Å². The van der Waals surface area contributed by atoms with Crippen molar-refractivity contribution in [3.05, 3.63) is 46.8 Å². The van der Waals surface area contributed by atoms with Crippen molar-refractivity contribution in [3.63, 3.8) is 0 Å². The van der Waals surface area contributed by atoms with Crippen LogP contribution in [0.1, 0.15) is 22.5 Å². The highest BCUT2D eigenvalue weighted by molar-refractivity contribution is 5.30. The summed E-state index contributed by atoms with van der Waals surface area (Å²) in [6.07, 6.45) is 2.02. The van der Waals surface area contributed by atoms with E-state index < -0.39 is 0 Å². The van der Waals surface area contributed by atoms with Crippen LogP contribution < -0.4 is 5.32 Å². The van der Waals surface area contributed by atoms with Gasteiger partial charge in [0.1, 0.15) is 0 Å². The van der Waals surface area contributed by atoms with E-state index in [1.807, 2.05) is 7.05 Å². The smallest absolute Gasteiger partial charge is 0.200 e. The minimum absolute atomic E-state index is 0.849. The standard InChI is InChI=1S/C14H19N3/c1-10-4-6-12(7-5-10)8-9-13-11(2)16-14(15-3)17-13/h4-7H,8-9H2,1-3H3,(H2,15,16,17). The Balaban J connectivity index is 2.01. The van der Waals surface area contributed by atoms with Crippen LogP contribution in [0.25, 0.3) is 0 Å². The van der Waals surface area contributed by atoms with Crippen LogP contribution in [-0.2, 0) is 12.8 Å². The fourth-order valence-electron chi connectivity index (χ4n) is 1.88. The molecule has 0 spiro atoms. The predicted octanol–water partition coefficient (Wildman–Crippen LogP) is 2.85. The van der Waals surface area contributed by atoms with Gasteiger partial charge in [-0.2, -0.15) is 0 Å². The van der Waals surface area contributed by atoms with Crippen molar-refractivity contribution in [1.82, 2.24) is 9.97 Å². The molecule has 1 aromatic carbocycles. The van der Waals surface area contributed by atoms with E-state index in [-0.39, 0.29) is 0 Å². The molecule has 0 unspecified atom stereocenters. The lowest BCUT2D eigenvalue weighted by Gasteiger charge is -2.01. The number of rotatable bonds is 4.